The van der Waals surface area contributed by atoms with Gasteiger partial charge in [-0.1, -0.05) is 12.1 Å². The number of nitrogens with one attached hydrogen (secondary N) is 1. The standard InChI is InChI=1S/C26H25N7O3/c1-32(17-19-7-4-9-28-15-19)25(35)21-13-22-23(29-16-21)33(10-5-11-36-2)26(30-22)31-24(34)20-8-3-6-18(12-20)14-27/h3-4,6-9,12-13,15-16H,5,10-11,17H2,1-2H3,(H,30,31,34). The highest BCUT2D eigenvalue weighted by Gasteiger charge is 2.19. The minimum atomic E-state index is -0.400. The molecule has 3 heterocycles. The van der Waals surface area contributed by atoms with Gasteiger partial charge in [0.25, 0.3) is 11.8 Å². The third-order valence-electron chi connectivity index (χ3n) is 5.53. The number of hydrogen-bond acceptors (Lipinski definition) is 7. The number of pyridine rings is 2. The molecule has 4 rings (SSSR count). The molecule has 1 N–H and O–H groups in total. The van der Waals surface area contributed by atoms with E-state index >= 15 is 0 Å². The van der Waals surface area contributed by atoms with Crippen LogP contribution in [0.3, 0.4) is 0 Å². The van der Waals surface area contributed by atoms with Gasteiger partial charge in [-0.25, -0.2) is 9.97 Å². The van der Waals surface area contributed by atoms with Crippen molar-refractivity contribution in [3.05, 3.63) is 83.3 Å². The second kappa shape index (κ2) is 11.2. The van der Waals surface area contributed by atoms with Gasteiger partial charge in [-0.15, -0.1) is 0 Å². The van der Waals surface area contributed by atoms with Gasteiger partial charge in [0, 0.05) is 58.0 Å². The Balaban J connectivity index is 1.62. The second-order valence-electron chi connectivity index (χ2n) is 8.17. The van der Waals surface area contributed by atoms with E-state index in [1.807, 2.05) is 18.2 Å². The maximum absolute atomic E-state index is 13.0. The van der Waals surface area contributed by atoms with Crippen LogP contribution in [0.2, 0.25) is 0 Å². The maximum atomic E-state index is 13.0. The first kappa shape index (κ1) is 24.5. The smallest absolute Gasteiger partial charge is 0.258 e. The van der Waals surface area contributed by atoms with E-state index < -0.39 is 5.91 Å². The number of carbonyl (C=O) groups excluding carboxylic acids is 2. The lowest BCUT2D eigenvalue weighted by Gasteiger charge is -2.17. The zero-order chi connectivity index (χ0) is 25.5. The average molecular weight is 484 g/mol. The predicted molar refractivity (Wildman–Crippen MR) is 133 cm³/mol. The zero-order valence-corrected chi connectivity index (χ0v) is 20.0. The molecule has 10 nitrogen and oxygen atoms in total. The summed E-state index contributed by atoms with van der Waals surface area (Å²) in [4.78, 5) is 40.7. The van der Waals surface area contributed by atoms with Crippen LogP contribution in [0, 0.1) is 11.3 Å². The van der Waals surface area contributed by atoms with Crippen molar-refractivity contribution < 1.29 is 14.3 Å². The number of fused-ring (bicyclic) bond motifs is 1. The molecular formula is C26H25N7O3. The van der Waals surface area contributed by atoms with Crippen LogP contribution in [0.4, 0.5) is 5.95 Å². The normalized spacial score (nSPS) is 10.7. The van der Waals surface area contributed by atoms with Crippen LogP contribution in [0.1, 0.15) is 38.3 Å². The summed E-state index contributed by atoms with van der Waals surface area (Å²) in [6.45, 7) is 1.42. The van der Waals surface area contributed by atoms with Crippen LogP contribution in [0.5, 0.6) is 0 Å². The van der Waals surface area contributed by atoms with E-state index in [9.17, 15) is 9.59 Å². The fourth-order valence-corrected chi connectivity index (χ4v) is 3.76. The highest BCUT2D eigenvalue weighted by atomic mass is 16.5. The largest absolute Gasteiger partial charge is 0.385 e. The number of aryl methyl sites for hydroxylation is 1. The van der Waals surface area contributed by atoms with E-state index in [-0.39, 0.29) is 5.91 Å². The Morgan fingerprint density at radius 3 is 2.78 bits per heavy atom. The summed E-state index contributed by atoms with van der Waals surface area (Å²) in [6, 6.07) is 13.8. The molecule has 0 aliphatic rings. The number of aromatic nitrogens is 4. The van der Waals surface area contributed by atoms with E-state index in [0.29, 0.717) is 59.9 Å². The van der Waals surface area contributed by atoms with E-state index in [2.05, 4.69) is 20.3 Å². The van der Waals surface area contributed by atoms with Gasteiger partial charge in [0.2, 0.25) is 5.95 Å². The first-order valence-electron chi connectivity index (χ1n) is 11.3. The number of ether oxygens (including phenoxy) is 1. The number of hydrogen-bond donors (Lipinski definition) is 1. The molecule has 10 heteroatoms. The van der Waals surface area contributed by atoms with Crippen molar-refractivity contribution in [3.8, 4) is 6.07 Å². The minimum Gasteiger partial charge on any atom is -0.385 e. The molecule has 0 spiro atoms. The Morgan fingerprint density at radius 1 is 1.17 bits per heavy atom. The van der Waals surface area contributed by atoms with Crippen molar-refractivity contribution >= 4 is 28.9 Å². The predicted octanol–water partition coefficient (Wildman–Crippen LogP) is 3.26. The molecule has 0 aliphatic heterocycles. The van der Waals surface area contributed by atoms with Crippen LogP contribution in [0.25, 0.3) is 11.2 Å². The summed E-state index contributed by atoms with van der Waals surface area (Å²) < 4.78 is 6.95. The van der Waals surface area contributed by atoms with E-state index in [1.54, 1.807) is 60.3 Å². The molecule has 0 aliphatic carbocycles. The monoisotopic (exact) mass is 483 g/mol. The molecule has 0 saturated carbocycles. The highest BCUT2D eigenvalue weighted by molar-refractivity contribution is 6.04. The summed E-state index contributed by atoms with van der Waals surface area (Å²) in [6.07, 6.45) is 5.59. The van der Waals surface area contributed by atoms with Crippen LogP contribution < -0.4 is 5.32 Å². The van der Waals surface area contributed by atoms with Crippen molar-refractivity contribution in [2.45, 2.75) is 19.5 Å². The number of carbonyl (C=O) groups is 2. The molecule has 0 saturated heterocycles. The summed E-state index contributed by atoms with van der Waals surface area (Å²) >= 11 is 0. The van der Waals surface area contributed by atoms with Crippen molar-refractivity contribution in [2.24, 2.45) is 0 Å². The second-order valence-corrected chi connectivity index (χ2v) is 8.17. The van der Waals surface area contributed by atoms with E-state index in [4.69, 9.17) is 10.00 Å². The van der Waals surface area contributed by atoms with Crippen LogP contribution in [-0.4, -0.2) is 57.0 Å². The Morgan fingerprint density at radius 2 is 2.03 bits per heavy atom. The van der Waals surface area contributed by atoms with Crippen LogP contribution in [0.15, 0.2) is 61.1 Å². The van der Waals surface area contributed by atoms with Gasteiger partial charge in [0.05, 0.1) is 17.2 Å². The number of methoxy groups -OCH3 is 1. The molecule has 0 unspecified atom stereocenters. The molecule has 2 amide bonds. The number of anilines is 1. The molecule has 182 valence electrons. The Labute approximate surface area is 208 Å². The molecular weight excluding hydrogens is 458 g/mol. The summed E-state index contributed by atoms with van der Waals surface area (Å²) in [5.41, 5.74) is 3.04. The van der Waals surface area contributed by atoms with Crippen LogP contribution in [-0.2, 0) is 17.8 Å². The van der Waals surface area contributed by atoms with Crippen molar-refractivity contribution in [2.75, 3.05) is 26.1 Å². The van der Waals surface area contributed by atoms with Crippen LogP contribution >= 0.6 is 0 Å². The molecule has 0 radical (unpaired) electrons. The third kappa shape index (κ3) is 5.54. The zero-order valence-electron chi connectivity index (χ0n) is 20.0. The van der Waals surface area contributed by atoms with Crippen molar-refractivity contribution in [3.63, 3.8) is 0 Å². The molecule has 4 aromatic rings. The lowest BCUT2D eigenvalue weighted by atomic mass is 10.1. The van der Waals surface area contributed by atoms with E-state index in [1.165, 1.54) is 12.3 Å². The number of nitriles is 1. The maximum Gasteiger partial charge on any atom is 0.258 e. The van der Waals surface area contributed by atoms with Gasteiger partial charge in [-0.3, -0.25) is 24.5 Å². The number of rotatable bonds is 9. The number of amides is 2. The molecule has 0 fully saturated rings. The van der Waals surface area contributed by atoms with Crippen molar-refractivity contribution in [1.82, 2.24) is 24.4 Å². The fraction of sp³-hybridized carbons (Fsp3) is 0.231. The topological polar surface area (TPSA) is 126 Å². The summed E-state index contributed by atoms with van der Waals surface area (Å²) in [5.74, 6) is -0.307. The van der Waals surface area contributed by atoms with Crippen molar-refractivity contribution in [1.29, 1.82) is 5.26 Å². The molecule has 3 aromatic heterocycles. The van der Waals surface area contributed by atoms with Gasteiger partial charge in [0.15, 0.2) is 5.65 Å². The van der Waals surface area contributed by atoms with Gasteiger partial charge in [0.1, 0.15) is 5.52 Å². The van der Waals surface area contributed by atoms with E-state index in [0.717, 1.165) is 5.56 Å². The third-order valence-corrected chi connectivity index (χ3v) is 5.53. The number of nitrogens with zero attached hydrogens (tertiary/aromatic N) is 6. The lowest BCUT2D eigenvalue weighted by Crippen LogP contribution is -2.26. The first-order chi connectivity index (χ1) is 17.5. The first-order valence-corrected chi connectivity index (χ1v) is 11.3. The Bertz CT molecular complexity index is 1430. The average Bonchev–Trinajstić information content (AvgIpc) is 3.24. The highest BCUT2D eigenvalue weighted by Crippen LogP contribution is 2.21. The fourth-order valence-electron chi connectivity index (χ4n) is 3.76. The lowest BCUT2D eigenvalue weighted by molar-refractivity contribution is 0.0784. The van der Waals surface area contributed by atoms with Gasteiger partial charge < -0.3 is 9.64 Å². The number of benzene rings is 1. The number of imidazole rings is 1. The SMILES string of the molecule is COCCCn1c(NC(=O)c2cccc(C#N)c2)nc2cc(C(=O)N(C)Cc3cccnc3)cnc21. The molecule has 0 atom stereocenters. The molecule has 0 bridgehead atoms. The minimum absolute atomic E-state index is 0.207. The molecule has 1 aromatic carbocycles. The Kier molecular flexibility index (Phi) is 7.63. The summed E-state index contributed by atoms with van der Waals surface area (Å²) in [7, 11) is 3.33. The quantitative estimate of drug-likeness (QED) is 0.362. The summed E-state index contributed by atoms with van der Waals surface area (Å²) in [5, 5.41) is 12.0. The van der Waals surface area contributed by atoms with Gasteiger partial charge >= 0.3 is 0 Å². The van der Waals surface area contributed by atoms with Gasteiger partial charge in [-0.2, -0.15) is 5.26 Å². The molecule has 36 heavy (non-hydrogen) atoms. The Hall–Kier alpha value is -4.62. The van der Waals surface area contributed by atoms with Gasteiger partial charge in [-0.05, 0) is 42.3 Å².